The molecule has 77 valence electrons. The minimum Gasteiger partial charge on any atom is -0.327 e. The SMILES string of the molecule is [CH2-]C(C)(C)SSc1ccccn1.[Ho]. The number of aromatic nitrogens is 1. The van der Waals surface area contributed by atoms with Crippen molar-refractivity contribution in [1.29, 1.82) is 0 Å². The quantitative estimate of drug-likeness (QED) is 0.464. The third-order valence-electron chi connectivity index (χ3n) is 0.990. The predicted molar refractivity (Wildman–Crippen MR) is 57.1 cm³/mol. The minimum atomic E-state index is 0. The van der Waals surface area contributed by atoms with Gasteiger partial charge in [0, 0.05) is 43.9 Å². The van der Waals surface area contributed by atoms with Crippen molar-refractivity contribution in [3.8, 4) is 0 Å². The van der Waals surface area contributed by atoms with Gasteiger partial charge in [-0.3, -0.25) is 0 Å². The topological polar surface area (TPSA) is 12.9 Å². The summed E-state index contributed by atoms with van der Waals surface area (Å²) in [6.45, 7) is 8.18. The van der Waals surface area contributed by atoms with E-state index >= 15 is 0 Å². The first-order chi connectivity index (χ1) is 5.58. The molecule has 4 heteroatoms. The van der Waals surface area contributed by atoms with E-state index in [0.717, 1.165) is 5.03 Å². The van der Waals surface area contributed by atoms with Crippen LogP contribution in [0.25, 0.3) is 0 Å². The zero-order valence-corrected chi connectivity index (χ0v) is 11.1. The molecule has 0 N–H and O–H groups in total. The second kappa shape index (κ2) is 6.57. The van der Waals surface area contributed by atoms with Crippen LogP contribution in [0.15, 0.2) is 29.4 Å². The Kier molecular flexibility index (Phi) is 7.13. The van der Waals surface area contributed by atoms with E-state index in [1.54, 1.807) is 27.8 Å². The Hall–Kier alpha value is 1.11. The monoisotopic (exact) mass is 363 g/mol. The molecule has 0 aliphatic heterocycles. The molecule has 1 rings (SSSR count). The third-order valence-corrected chi connectivity index (χ3v) is 4.05. The molecule has 0 fully saturated rings. The van der Waals surface area contributed by atoms with Crippen molar-refractivity contribution < 1.29 is 37.7 Å². The Labute approximate surface area is 118 Å². The van der Waals surface area contributed by atoms with Crippen molar-refractivity contribution in [2.75, 3.05) is 0 Å². The summed E-state index contributed by atoms with van der Waals surface area (Å²) in [4.78, 5) is 4.20. The van der Waals surface area contributed by atoms with Crippen LogP contribution in [-0.2, 0) is 0 Å². The van der Waals surface area contributed by atoms with Crippen molar-refractivity contribution in [3.05, 3.63) is 31.3 Å². The van der Waals surface area contributed by atoms with Gasteiger partial charge < -0.3 is 6.92 Å². The molecule has 0 amide bonds. The van der Waals surface area contributed by atoms with Gasteiger partial charge in [-0.1, -0.05) is 19.9 Å². The van der Waals surface area contributed by atoms with Crippen LogP contribution in [0.3, 0.4) is 0 Å². The van der Waals surface area contributed by atoms with Crippen LogP contribution in [0.2, 0.25) is 0 Å². The summed E-state index contributed by atoms with van der Waals surface area (Å²) < 4.78 is 0.0438. The maximum Gasteiger partial charge on any atom is 0.106 e. The average Bonchev–Trinajstić information content (AvgIpc) is 2.02. The first-order valence-electron chi connectivity index (χ1n) is 3.70. The Morgan fingerprint density at radius 2 is 2.08 bits per heavy atom. The summed E-state index contributed by atoms with van der Waals surface area (Å²) in [5, 5.41) is 1.04. The predicted octanol–water partition coefficient (Wildman–Crippen LogP) is 3.43. The van der Waals surface area contributed by atoms with Gasteiger partial charge in [-0.05, 0) is 22.9 Å². The molecule has 1 aromatic heterocycles. The second-order valence-corrected chi connectivity index (χ2v) is 5.95. The first-order valence-corrected chi connectivity index (χ1v) is 5.85. The van der Waals surface area contributed by atoms with Crippen molar-refractivity contribution >= 4 is 21.6 Å². The van der Waals surface area contributed by atoms with Gasteiger partial charge in [0.1, 0.15) is 5.03 Å². The summed E-state index contributed by atoms with van der Waals surface area (Å²) in [6.07, 6.45) is 1.80. The fourth-order valence-electron chi connectivity index (χ4n) is 0.552. The van der Waals surface area contributed by atoms with E-state index in [1.807, 2.05) is 18.2 Å². The third kappa shape index (κ3) is 7.09. The normalized spacial score (nSPS) is 10.7. The summed E-state index contributed by atoms with van der Waals surface area (Å²) in [5.74, 6) is 0. The van der Waals surface area contributed by atoms with Gasteiger partial charge in [-0.25, -0.2) is 4.98 Å². The summed E-state index contributed by atoms with van der Waals surface area (Å²) in [7, 11) is 3.40. The van der Waals surface area contributed by atoms with Gasteiger partial charge in [-0.2, -0.15) is 0 Å². The van der Waals surface area contributed by atoms with Crippen molar-refractivity contribution in [2.45, 2.75) is 23.6 Å². The maximum absolute atomic E-state index is 4.20. The van der Waals surface area contributed by atoms with Crippen LogP contribution < -0.4 is 0 Å². The molecule has 0 aromatic carbocycles. The standard InChI is InChI=1S/C9H12NS2.Ho/c1-9(2,3)12-11-8-6-4-5-7-10-8;/h4-7H,1H2,2-3H3;/q-1;. The molecule has 0 spiro atoms. The van der Waals surface area contributed by atoms with E-state index in [9.17, 15) is 0 Å². The molecule has 0 atom stereocenters. The van der Waals surface area contributed by atoms with Gasteiger partial charge in [-0.15, -0.1) is 15.5 Å². The Balaban J connectivity index is 0.00000144. The molecule has 0 bridgehead atoms. The van der Waals surface area contributed by atoms with E-state index in [-0.39, 0.29) is 42.5 Å². The Morgan fingerprint density at radius 1 is 1.38 bits per heavy atom. The van der Waals surface area contributed by atoms with Crippen LogP contribution in [0.4, 0.5) is 0 Å². The molecule has 0 unspecified atom stereocenters. The van der Waals surface area contributed by atoms with Crippen molar-refractivity contribution in [1.82, 2.24) is 4.98 Å². The molecule has 1 nitrogen and oxygen atoms in total. The molecule has 0 aliphatic carbocycles. The van der Waals surface area contributed by atoms with E-state index in [4.69, 9.17) is 0 Å². The molecule has 0 aliphatic rings. The average molecular weight is 363 g/mol. The van der Waals surface area contributed by atoms with Crippen LogP contribution in [0.5, 0.6) is 0 Å². The first kappa shape index (κ1) is 14.1. The number of hydrogen-bond acceptors (Lipinski definition) is 3. The molecule has 1 heterocycles. The van der Waals surface area contributed by atoms with Gasteiger partial charge in [0.25, 0.3) is 0 Å². The number of nitrogens with zero attached hydrogens (tertiary/aromatic N) is 1. The Morgan fingerprint density at radius 3 is 2.54 bits per heavy atom. The number of rotatable bonds is 3. The molecule has 13 heavy (non-hydrogen) atoms. The van der Waals surface area contributed by atoms with E-state index in [2.05, 4.69) is 25.8 Å². The van der Waals surface area contributed by atoms with Crippen molar-refractivity contribution in [3.63, 3.8) is 0 Å². The largest absolute Gasteiger partial charge is 0.327 e. The van der Waals surface area contributed by atoms with E-state index in [1.165, 1.54) is 0 Å². The smallest absolute Gasteiger partial charge is 0.106 e. The summed E-state index contributed by atoms with van der Waals surface area (Å²) >= 11 is 0. The molecular formula is C9H12HoNS2-. The van der Waals surface area contributed by atoms with E-state index in [0.29, 0.717) is 0 Å². The van der Waals surface area contributed by atoms with Crippen molar-refractivity contribution in [2.24, 2.45) is 0 Å². The van der Waals surface area contributed by atoms with Crippen LogP contribution >= 0.6 is 21.6 Å². The van der Waals surface area contributed by atoms with Gasteiger partial charge in [0.2, 0.25) is 0 Å². The van der Waals surface area contributed by atoms with Gasteiger partial charge >= 0.3 is 0 Å². The van der Waals surface area contributed by atoms with Crippen LogP contribution in [0, 0.1) is 44.7 Å². The molecular weight excluding hydrogens is 351 g/mol. The molecule has 0 saturated heterocycles. The molecule has 1 aromatic rings. The minimum absolute atomic E-state index is 0. The summed E-state index contributed by atoms with van der Waals surface area (Å²) in [6, 6.07) is 5.92. The summed E-state index contributed by atoms with van der Waals surface area (Å²) in [5.41, 5.74) is 0. The van der Waals surface area contributed by atoms with Gasteiger partial charge in [0.15, 0.2) is 0 Å². The number of hydrogen-bond donors (Lipinski definition) is 0. The molecule has 0 saturated carbocycles. The van der Waals surface area contributed by atoms with E-state index < -0.39 is 0 Å². The number of pyridine rings is 1. The van der Waals surface area contributed by atoms with Crippen LogP contribution in [0.1, 0.15) is 13.8 Å². The zero-order valence-electron chi connectivity index (χ0n) is 7.58. The Bertz CT molecular complexity index is 233. The fourth-order valence-corrected chi connectivity index (χ4v) is 2.33. The fraction of sp³-hybridized carbons (Fsp3) is 0.333. The molecule has 1 radical (unpaired) electrons. The maximum atomic E-state index is 4.20. The van der Waals surface area contributed by atoms with Gasteiger partial charge in [0.05, 0.1) is 0 Å². The zero-order chi connectivity index (χ0) is 9.03. The van der Waals surface area contributed by atoms with Crippen LogP contribution in [-0.4, -0.2) is 9.73 Å². The second-order valence-electron chi connectivity index (χ2n) is 3.09.